The first-order valence-electron chi connectivity index (χ1n) is 7.88. The molecule has 3 rings (SSSR count). The molecule has 2 unspecified atom stereocenters. The van der Waals surface area contributed by atoms with Crippen LogP contribution in [0.3, 0.4) is 0 Å². The number of nitrogens with zero attached hydrogens (tertiary/aromatic N) is 1. The maximum Gasteiger partial charge on any atom is 0.162 e. The van der Waals surface area contributed by atoms with Crippen LogP contribution in [0.25, 0.3) is 0 Å². The van der Waals surface area contributed by atoms with Crippen LogP contribution in [0.1, 0.15) is 42.5 Å². The molecule has 1 aliphatic carbocycles. The number of morpholine rings is 1. The number of ether oxygens (including phenoxy) is 1. The van der Waals surface area contributed by atoms with Crippen LogP contribution in [0.4, 0.5) is 4.39 Å². The third-order valence-corrected chi connectivity index (χ3v) is 4.61. The predicted octanol–water partition coefficient (Wildman–Crippen LogP) is 3.04. The number of carbonyl (C=O) groups excluding carboxylic acids is 1. The van der Waals surface area contributed by atoms with Gasteiger partial charge in [-0.25, -0.2) is 4.39 Å². The Morgan fingerprint density at radius 2 is 2.10 bits per heavy atom. The average molecular weight is 291 g/mol. The zero-order chi connectivity index (χ0) is 14.7. The van der Waals surface area contributed by atoms with Gasteiger partial charge in [0.1, 0.15) is 5.82 Å². The van der Waals surface area contributed by atoms with Crippen LogP contribution in [0.2, 0.25) is 0 Å². The van der Waals surface area contributed by atoms with Crippen molar-refractivity contribution in [1.82, 2.24) is 4.90 Å². The van der Waals surface area contributed by atoms with Crippen LogP contribution in [0, 0.1) is 5.82 Å². The molecule has 3 nitrogen and oxygen atoms in total. The van der Waals surface area contributed by atoms with E-state index in [-0.39, 0.29) is 11.6 Å². The van der Waals surface area contributed by atoms with Crippen molar-refractivity contribution < 1.29 is 13.9 Å². The van der Waals surface area contributed by atoms with Gasteiger partial charge in [-0.05, 0) is 56.5 Å². The van der Waals surface area contributed by atoms with E-state index in [1.54, 1.807) is 12.1 Å². The summed E-state index contributed by atoms with van der Waals surface area (Å²) in [6.07, 6.45) is 5.44. The molecule has 1 aromatic carbocycles. The smallest absolute Gasteiger partial charge is 0.162 e. The average Bonchev–Trinajstić information content (AvgIpc) is 2.97. The summed E-state index contributed by atoms with van der Waals surface area (Å²) in [5, 5.41) is 0. The summed E-state index contributed by atoms with van der Waals surface area (Å²) in [6, 6.07) is 6.38. The van der Waals surface area contributed by atoms with E-state index in [2.05, 4.69) is 4.90 Å². The SMILES string of the molecule is O=C(CCCN1CCOC2CCCC21)c1ccc(F)cc1. The van der Waals surface area contributed by atoms with Crippen molar-refractivity contribution in [3.05, 3.63) is 35.6 Å². The number of carbonyl (C=O) groups is 1. The number of Topliss-reactive ketones (excluding diaryl/α,β-unsaturated/α-hetero) is 1. The molecule has 1 heterocycles. The Morgan fingerprint density at radius 1 is 1.29 bits per heavy atom. The van der Waals surface area contributed by atoms with E-state index in [0.717, 1.165) is 26.1 Å². The number of hydrogen-bond acceptors (Lipinski definition) is 3. The molecule has 4 heteroatoms. The normalized spacial score (nSPS) is 25.8. The molecule has 0 spiro atoms. The van der Waals surface area contributed by atoms with Crippen LogP contribution >= 0.6 is 0 Å². The van der Waals surface area contributed by atoms with Crippen molar-refractivity contribution in [2.45, 2.75) is 44.2 Å². The minimum absolute atomic E-state index is 0.103. The van der Waals surface area contributed by atoms with Gasteiger partial charge in [-0.3, -0.25) is 9.69 Å². The number of halogens is 1. The van der Waals surface area contributed by atoms with E-state index in [4.69, 9.17) is 4.74 Å². The summed E-state index contributed by atoms with van der Waals surface area (Å²) in [4.78, 5) is 14.5. The van der Waals surface area contributed by atoms with Crippen LogP contribution in [0.5, 0.6) is 0 Å². The van der Waals surface area contributed by atoms with Gasteiger partial charge in [0.25, 0.3) is 0 Å². The number of fused-ring (bicyclic) bond motifs is 1. The quantitative estimate of drug-likeness (QED) is 0.781. The standard InChI is InChI=1S/C17H22FNO2/c18-14-8-6-13(7-9-14)16(20)4-2-10-19-11-12-21-17-5-1-3-15(17)19/h6-9,15,17H,1-5,10-12H2. The molecule has 0 amide bonds. The van der Waals surface area contributed by atoms with Gasteiger partial charge in [-0.15, -0.1) is 0 Å². The Balaban J connectivity index is 1.47. The van der Waals surface area contributed by atoms with Gasteiger partial charge in [0, 0.05) is 24.6 Å². The van der Waals surface area contributed by atoms with E-state index in [9.17, 15) is 9.18 Å². The number of hydrogen-bond donors (Lipinski definition) is 0. The second-order valence-corrected chi connectivity index (χ2v) is 5.98. The first-order valence-corrected chi connectivity index (χ1v) is 7.88. The van der Waals surface area contributed by atoms with E-state index in [0.29, 0.717) is 24.1 Å². The molecule has 2 atom stereocenters. The van der Waals surface area contributed by atoms with Gasteiger partial charge < -0.3 is 4.74 Å². The van der Waals surface area contributed by atoms with Gasteiger partial charge in [0.05, 0.1) is 12.7 Å². The molecule has 2 fully saturated rings. The zero-order valence-corrected chi connectivity index (χ0v) is 12.3. The van der Waals surface area contributed by atoms with Crippen LogP contribution in [0.15, 0.2) is 24.3 Å². The lowest BCUT2D eigenvalue weighted by molar-refractivity contribution is -0.0556. The Labute approximate surface area is 125 Å². The van der Waals surface area contributed by atoms with Crippen molar-refractivity contribution in [2.75, 3.05) is 19.7 Å². The van der Waals surface area contributed by atoms with Crippen LogP contribution < -0.4 is 0 Å². The fourth-order valence-electron chi connectivity index (χ4n) is 3.51. The largest absolute Gasteiger partial charge is 0.375 e. The van der Waals surface area contributed by atoms with Crippen LogP contribution in [-0.2, 0) is 4.74 Å². The summed E-state index contributed by atoms with van der Waals surface area (Å²) in [5.74, 6) is -0.196. The van der Waals surface area contributed by atoms with Crippen molar-refractivity contribution in [1.29, 1.82) is 0 Å². The fourth-order valence-corrected chi connectivity index (χ4v) is 3.51. The molecular formula is C17H22FNO2. The summed E-state index contributed by atoms with van der Waals surface area (Å²) < 4.78 is 18.6. The Hall–Kier alpha value is -1.26. The molecule has 0 aromatic heterocycles. The van der Waals surface area contributed by atoms with Crippen molar-refractivity contribution in [3.8, 4) is 0 Å². The molecule has 2 aliphatic rings. The second kappa shape index (κ2) is 6.67. The molecule has 0 bridgehead atoms. The minimum atomic E-state index is -0.299. The fraction of sp³-hybridized carbons (Fsp3) is 0.588. The molecule has 21 heavy (non-hydrogen) atoms. The molecular weight excluding hydrogens is 269 g/mol. The highest BCUT2D eigenvalue weighted by Gasteiger charge is 2.35. The lowest BCUT2D eigenvalue weighted by Gasteiger charge is -2.37. The van der Waals surface area contributed by atoms with E-state index >= 15 is 0 Å². The van der Waals surface area contributed by atoms with Crippen molar-refractivity contribution >= 4 is 5.78 Å². The maximum absolute atomic E-state index is 12.8. The van der Waals surface area contributed by atoms with E-state index < -0.39 is 0 Å². The number of ketones is 1. The van der Waals surface area contributed by atoms with Crippen molar-refractivity contribution in [2.24, 2.45) is 0 Å². The van der Waals surface area contributed by atoms with Gasteiger partial charge >= 0.3 is 0 Å². The summed E-state index contributed by atoms with van der Waals surface area (Å²) in [6.45, 7) is 2.75. The van der Waals surface area contributed by atoms with Crippen LogP contribution in [-0.4, -0.2) is 42.5 Å². The third-order valence-electron chi connectivity index (χ3n) is 4.61. The summed E-state index contributed by atoms with van der Waals surface area (Å²) >= 11 is 0. The second-order valence-electron chi connectivity index (χ2n) is 5.98. The summed E-state index contributed by atoms with van der Waals surface area (Å²) in [7, 11) is 0. The molecule has 1 saturated heterocycles. The zero-order valence-electron chi connectivity index (χ0n) is 12.3. The minimum Gasteiger partial charge on any atom is -0.375 e. The first kappa shape index (κ1) is 14.7. The van der Waals surface area contributed by atoms with Gasteiger partial charge in [-0.2, -0.15) is 0 Å². The first-order chi connectivity index (χ1) is 10.2. The monoisotopic (exact) mass is 291 g/mol. The number of benzene rings is 1. The lowest BCUT2D eigenvalue weighted by atomic mass is 10.1. The predicted molar refractivity (Wildman–Crippen MR) is 78.9 cm³/mol. The molecule has 114 valence electrons. The highest BCUT2D eigenvalue weighted by molar-refractivity contribution is 5.95. The molecule has 0 N–H and O–H groups in total. The van der Waals surface area contributed by atoms with Crippen molar-refractivity contribution in [3.63, 3.8) is 0 Å². The lowest BCUT2D eigenvalue weighted by Crippen LogP contribution is -2.48. The third kappa shape index (κ3) is 3.50. The Bertz CT molecular complexity index is 488. The molecule has 0 radical (unpaired) electrons. The number of rotatable bonds is 5. The van der Waals surface area contributed by atoms with E-state index in [1.807, 2.05) is 0 Å². The highest BCUT2D eigenvalue weighted by Crippen LogP contribution is 2.29. The van der Waals surface area contributed by atoms with Gasteiger partial charge in [-0.1, -0.05) is 0 Å². The van der Waals surface area contributed by atoms with E-state index in [1.165, 1.54) is 31.4 Å². The topological polar surface area (TPSA) is 29.5 Å². The van der Waals surface area contributed by atoms with Gasteiger partial charge in [0.2, 0.25) is 0 Å². The molecule has 1 aromatic rings. The van der Waals surface area contributed by atoms with Gasteiger partial charge in [0.15, 0.2) is 5.78 Å². The Kier molecular flexibility index (Phi) is 4.66. The highest BCUT2D eigenvalue weighted by atomic mass is 19.1. The molecule has 1 saturated carbocycles. The Morgan fingerprint density at radius 3 is 2.90 bits per heavy atom. The maximum atomic E-state index is 12.8. The molecule has 1 aliphatic heterocycles. The summed E-state index contributed by atoms with van der Waals surface area (Å²) in [5.41, 5.74) is 0.608.